The lowest BCUT2D eigenvalue weighted by Crippen LogP contribution is -2.43. The van der Waals surface area contributed by atoms with E-state index >= 15 is 0 Å². The Kier molecular flexibility index (Phi) is 4.24. The molecule has 0 aromatic carbocycles. The van der Waals surface area contributed by atoms with Crippen molar-refractivity contribution in [3.8, 4) is 0 Å². The van der Waals surface area contributed by atoms with Crippen LogP contribution in [0.5, 0.6) is 0 Å². The van der Waals surface area contributed by atoms with Gasteiger partial charge in [-0.2, -0.15) is 4.31 Å². The molecule has 7 heteroatoms. The number of carbonyl (C=O) groups is 1. The van der Waals surface area contributed by atoms with Gasteiger partial charge in [0.1, 0.15) is 0 Å². The first-order valence-electron chi connectivity index (χ1n) is 6.44. The zero-order valence-electron chi connectivity index (χ0n) is 10.3. The lowest BCUT2D eigenvalue weighted by molar-refractivity contribution is -0.136. The molecule has 1 aliphatic carbocycles. The minimum absolute atomic E-state index is 0.103. The topological polar surface area (TPSA) is 86.7 Å². The second-order valence-electron chi connectivity index (χ2n) is 5.05. The van der Waals surface area contributed by atoms with Gasteiger partial charge in [-0.05, 0) is 32.2 Å². The number of nitrogens with zero attached hydrogens (tertiary/aromatic N) is 1. The third-order valence-electron chi connectivity index (χ3n) is 3.45. The Morgan fingerprint density at radius 2 is 2.06 bits per heavy atom. The highest BCUT2D eigenvalue weighted by Crippen LogP contribution is 2.30. The van der Waals surface area contributed by atoms with Crippen molar-refractivity contribution in [2.75, 3.05) is 18.8 Å². The number of rotatable bonds is 7. The minimum atomic E-state index is -3.43. The molecule has 2 rings (SSSR count). The van der Waals surface area contributed by atoms with Crippen LogP contribution < -0.4 is 5.32 Å². The van der Waals surface area contributed by atoms with E-state index in [1.54, 1.807) is 0 Å². The number of aliphatic carboxylic acids is 1. The highest BCUT2D eigenvalue weighted by molar-refractivity contribution is 7.89. The first-order valence-corrected chi connectivity index (χ1v) is 8.04. The van der Waals surface area contributed by atoms with Crippen molar-refractivity contribution >= 4 is 16.0 Å². The van der Waals surface area contributed by atoms with E-state index in [2.05, 4.69) is 5.32 Å². The van der Waals surface area contributed by atoms with E-state index in [0.29, 0.717) is 6.54 Å². The molecule has 1 aliphatic heterocycles. The van der Waals surface area contributed by atoms with Crippen molar-refractivity contribution in [1.82, 2.24) is 9.62 Å². The quantitative estimate of drug-likeness (QED) is 0.684. The molecule has 2 N–H and O–H groups in total. The molecule has 0 aromatic rings. The molecule has 18 heavy (non-hydrogen) atoms. The molecular formula is C11H20N2O4S. The standard InChI is InChI=1S/C11H20N2O4S/c14-11(15)5-7-18(16,17)13(10-3-4-10)8-9-2-1-6-12-9/h9-10,12H,1-8H2,(H,14,15). The average molecular weight is 276 g/mol. The highest BCUT2D eigenvalue weighted by Gasteiger charge is 2.38. The summed E-state index contributed by atoms with van der Waals surface area (Å²) in [6.45, 7) is 1.44. The van der Waals surface area contributed by atoms with Gasteiger partial charge in [0.2, 0.25) is 10.0 Å². The van der Waals surface area contributed by atoms with E-state index in [-0.39, 0.29) is 24.3 Å². The molecule has 6 nitrogen and oxygen atoms in total. The Hall–Kier alpha value is -0.660. The molecule has 0 radical (unpaired) electrons. The van der Waals surface area contributed by atoms with E-state index in [1.807, 2.05) is 0 Å². The molecule has 2 aliphatic rings. The van der Waals surface area contributed by atoms with Gasteiger partial charge in [0.25, 0.3) is 0 Å². The lowest BCUT2D eigenvalue weighted by atomic mass is 10.2. The molecular weight excluding hydrogens is 256 g/mol. The van der Waals surface area contributed by atoms with Crippen LogP contribution in [0.15, 0.2) is 0 Å². The summed E-state index contributed by atoms with van der Waals surface area (Å²) >= 11 is 0. The fourth-order valence-electron chi connectivity index (χ4n) is 2.32. The summed E-state index contributed by atoms with van der Waals surface area (Å²) in [6.07, 6.45) is 3.57. The lowest BCUT2D eigenvalue weighted by Gasteiger charge is -2.24. The number of carboxylic acids is 1. The Labute approximate surface area is 107 Å². The highest BCUT2D eigenvalue weighted by atomic mass is 32.2. The van der Waals surface area contributed by atoms with Crippen LogP contribution in [0, 0.1) is 0 Å². The second kappa shape index (κ2) is 5.54. The Bertz CT molecular complexity index is 399. The summed E-state index contributed by atoms with van der Waals surface area (Å²) in [4.78, 5) is 10.5. The maximum atomic E-state index is 12.1. The molecule has 0 aromatic heterocycles. The molecule has 1 saturated heterocycles. The van der Waals surface area contributed by atoms with Crippen molar-refractivity contribution in [2.24, 2.45) is 0 Å². The van der Waals surface area contributed by atoms with Crippen molar-refractivity contribution < 1.29 is 18.3 Å². The van der Waals surface area contributed by atoms with Gasteiger partial charge in [-0.1, -0.05) is 0 Å². The molecule has 104 valence electrons. The number of hydrogen-bond donors (Lipinski definition) is 2. The van der Waals surface area contributed by atoms with Gasteiger partial charge in [0, 0.05) is 18.6 Å². The van der Waals surface area contributed by atoms with Crippen LogP contribution >= 0.6 is 0 Å². The zero-order valence-corrected chi connectivity index (χ0v) is 11.2. The molecule has 1 saturated carbocycles. The summed E-state index contributed by atoms with van der Waals surface area (Å²) in [7, 11) is -3.43. The van der Waals surface area contributed by atoms with Crippen molar-refractivity contribution in [3.63, 3.8) is 0 Å². The number of hydrogen-bond acceptors (Lipinski definition) is 4. The van der Waals surface area contributed by atoms with Crippen LogP contribution in [-0.4, -0.2) is 54.7 Å². The molecule has 1 heterocycles. The molecule has 0 spiro atoms. The predicted molar refractivity (Wildman–Crippen MR) is 66.8 cm³/mol. The van der Waals surface area contributed by atoms with Crippen molar-refractivity contribution in [3.05, 3.63) is 0 Å². The number of sulfonamides is 1. The van der Waals surface area contributed by atoms with Crippen LogP contribution in [0.1, 0.15) is 32.1 Å². The van der Waals surface area contributed by atoms with Crippen LogP contribution in [0.4, 0.5) is 0 Å². The van der Waals surface area contributed by atoms with E-state index in [0.717, 1.165) is 32.2 Å². The maximum Gasteiger partial charge on any atom is 0.304 e. The van der Waals surface area contributed by atoms with E-state index in [9.17, 15) is 13.2 Å². The first kappa shape index (κ1) is 13.8. The zero-order chi connectivity index (χ0) is 13.2. The third-order valence-corrected chi connectivity index (χ3v) is 5.33. The number of nitrogens with one attached hydrogen (secondary N) is 1. The van der Waals surface area contributed by atoms with Crippen LogP contribution in [-0.2, 0) is 14.8 Å². The Morgan fingerprint density at radius 1 is 1.33 bits per heavy atom. The Morgan fingerprint density at radius 3 is 2.56 bits per heavy atom. The van der Waals surface area contributed by atoms with Gasteiger partial charge in [0.15, 0.2) is 0 Å². The Balaban J connectivity index is 1.97. The number of carboxylic acid groups (broad SMARTS) is 1. The molecule has 0 amide bonds. The summed E-state index contributed by atoms with van der Waals surface area (Å²) < 4.78 is 25.8. The van der Waals surface area contributed by atoms with Gasteiger partial charge in [-0.3, -0.25) is 4.79 Å². The average Bonchev–Trinajstić information content (AvgIpc) is 3.00. The van der Waals surface area contributed by atoms with Gasteiger partial charge >= 0.3 is 5.97 Å². The van der Waals surface area contributed by atoms with Crippen LogP contribution in [0.25, 0.3) is 0 Å². The van der Waals surface area contributed by atoms with Crippen LogP contribution in [0.2, 0.25) is 0 Å². The largest absolute Gasteiger partial charge is 0.481 e. The predicted octanol–water partition coefficient (Wildman–Crippen LogP) is 0.00730. The van der Waals surface area contributed by atoms with Gasteiger partial charge in [-0.15, -0.1) is 0 Å². The normalized spacial score (nSPS) is 24.6. The monoisotopic (exact) mass is 276 g/mol. The summed E-state index contributed by atoms with van der Waals surface area (Å²) in [5.74, 6) is -1.35. The van der Waals surface area contributed by atoms with Crippen molar-refractivity contribution in [1.29, 1.82) is 0 Å². The SMILES string of the molecule is O=C(O)CCS(=O)(=O)N(CC1CCCN1)C1CC1. The summed E-state index contributed by atoms with van der Waals surface area (Å²) in [6, 6.07) is 0.330. The fraction of sp³-hybridized carbons (Fsp3) is 0.909. The maximum absolute atomic E-state index is 12.1. The smallest absolute Gasteiger partial charge is 0.304 e. The summed E-state index contributed by atoms with van der Waals surface area (Å²) in [5, 5.41) is 11.9. The third kappa shape index (κ3) is 3.66. The molecule has 2 fully saturated rings. The fourth-order valence-corrected chi connectivity index (χ4v) is 4.05. The minimum Gasteiger partial charge on any atom is -0.481 e. The van der Waals surface area contributed by atoms with Gasteiger partial charge in [-0.25, -0.2) is 8.42 Å². The van der Waals surface area contributed by atoms with E-state index in [4.69, 9.17) is 5.11 Å². The molecule has 0 bridgehead atoms. The molecule has 1 atom stereocenters. The summed E-state index contributed by atoms with van der Waals surface area (Å²) in [5.41, 5.74) is 0. The first-order chi connectivity index (χ1) is 8.49. The van der Waals surface area contributed by atoms with Gasteiger partial charge in [0.05, 0.1) is 12.2 Å². The van der Waals surface area contributed by atoms with Crippen LogP contribution in [0.3, 0.4) is 0 Å². The van der Waals surface area contributed by atoms with Crippen molar-refractivity contribution in [2.45, 2.75) is 44.2 Å². The van der Waals surface area contributed by atoms with E-state index in [1.165, 1.54) is 4.31 Å². The second-order valence-corrected chi connectivity index (χ2v) is 7.09. The van der Waals surface area contributed by atoms with E-state index < -0.39 is 16.0 Å². The van der Waals surface area contributed by atoms with Gasteiger partial charge < -0.3 is 10.4 Å². The molecule has 1 unspecified atom stereocenters.